The van der Waals surface area contributed by atoms with Gasteiger partial charge in [0.05, 0.1) is 70.2 Å². The predicted molar refractivity (Wildman–Crippen MR) is 218 cm³/mol. The molecule has 13 nitrogen and oxygen atoms in total. The van der Waals surface area contributed by atoms with Crippen molar-refractivity contribution in [2.75, 3.05) is 65.9 Å². The Morgan fingerprint density at radius 3 is 1.43 bits per heavy atom. The maximum absolute atomic E-state index is 12.7. The summed E-state index contributed by atoms with van der Waals surface area (Å²) in [7, 11) is 0. The average Bonchev–Trinajstić information content (AvgIpc) is 4.00. The molecule has 3 fully saturated rings. The van der Waals surface area contributed by atoms with Gasteiger partial charge in [-0.1, -0.05) is 20.3 Å². The molecule has 2 N–H and O–H groups in total. The Hall–Kier alpha value is -1.74. The third kappa shape index (κ3) is 22.4. The van der Waals surface area contributed by atoms with Crippen LogP contribution in [0.4, 0.5) is 9.59 Å². The van der Waals surface area contributed by atoms with Gasteiger partial charge < -0.3 is 48.5 Å². The number of hydrogen-bond donors (Lipinski definition) is 2. The second-order valence-corrected chi connectivity index (χ2v) is 17.1. The molecule has 2 aliphatic carbocycles. The Labute approximate surface area is 339 Å². The third-order valence-corrected chi connectivity index (χ3v) is 11.2. The highest BCUT2D eigenvalue weighted by molar-refractivity contribution is 5.68. The maximum atomic E-state index is 12.7. The molecule has 7 atom stereocenters. The molecular formula is C43H81N3O10. The summed E-state index contributed by atoms with van der Waals surface area (Å²) in [4.78, 5) is 27.6. The van der Waals surface area contributed by atoms with E-state index < -0.39 is 0 Å². The smallest absolute Gasteiger partial charge is 0.407 e. The minimum absolute atomic E-state index is 0.0204. The molecule has 56 heavy (non-hydrogen) atoms. The molecule has 0 aromatic rings. The lowest BCUT2D eigenvalue weighted by Crippen LogP contribution is -2.42. The van der Waals surface area contributed by atoms with Crippen LogP contribution < -0.4 is 10.6 Å². The number of rotatable bonds is 29. The van der Waals surface area contributed by atoms with Gasteiger partial charge >= 0.3 is 12.2 Å². The summed E-state index contributed by atoms with van der Waals surface area (Å²) in [6.45, 7) is 22.4. The quantitative estimate of drug-likeness (QED) is 0.0585. The Bertz CT molecular complexity index is 1040. The van der Waals surface area contributed by atoms with Gasteiger partial charge in [-0.25, -0.2) is 9.59 Å². The molecule has 13 heteroatoms. The molecule has 2 saturated carbocycles. The fourth-order valence-electron chi connectivity index (χ4n) is 7.26. The van der Waals surface area contributed by atoms with E-state index in [1.165, 1.54) is 6.42 Å². The van der Waals surface area contributed by atoms with E-state index in [1.54, 1.807) is 0 Å². The van der Waals surface area contributed by atoms with Crippen LogP contribution in [0.1, 0.15) is 132 Å². The van der Waals surface area contributed by atoms with Crippen LogP contribution in [0.25, 0.3) is 0 Å². The van der Waals surface area contributed by atoms with Crippen LogP contribution in [0.5, 0.6) is 0 Å². The zero-order chi connectivity index (χ0) is 40.7. The number of nitrogens with zero attached hydrogens (tertiary/aromatic N) is 1. The number of ether oxygens (including phenoxy) is 8. The highest BCUT2D eigenvalue weighted by Crippen LogP contribution is 2.35. The number of alkyl carbamates (subject to hydrolysis) is 2. The molecule has 7 unspecified atom stereocenters. The molecule has 2 amide bonds. The van der Waals surface area contributed by atoms with Crippen LogP contribution in [-0.4, -0.2) is 138 Å². The SMILES string of the molecule is CCCCOCC(CN1CC1)OC(=O)NC1CCC(CC2CCC(NC(=O)OC(C)COC(C)COC(C)COC(C)COC(C)COC(C)CC)CC2)CC1. The number of unbranched alkanes of at least 4 members (excludes halogenated alkanes) is 1. The fraction of sp³-hybridized carbons (Fsp3) is 0.953. The van der Waals surface area contributed by atoms with E-state index >= 15 is 0 Å². The van der Waals surface area contributed by atoms with Gasteiger partial charge in [0.15, 0.2) is 0 Å². The zero-order valence-electron chi connectivity index (χ0n) is 36.4. The third-order valence-electron chi connectivity index (χ3n) is 11.2. The van der Waals surface area contributed by atoms with E-state index in [1.807, 2.05) is 34.6 Å². The van der Waals surface area contributed by atoms with Crippen LogP contribution in [0.15, 0.2) is 0 Å². The molecule has 1 saturated heterocycles. The van der Waals surface area contributed by atoms with Gasteiger partial charge in [0.25, 0.3) is 0 Å². The molecule has 0 aromatic carbocycles. The maximum Gasteiger partial charge on any atom is 0.407 e. The van der Waals surface area contributed by atoms with Gasteiger partial charge in [0.1, 0.15) is 12.2 Å². The van der Waals surface area contributed by atoms with Crippen molar-refractivity contribution in [3.8, 4) is 0 Å². The summed E-state index contributed by atoms with van der Waals surface area (Å²) >= 11 is 0. The first-order valence-corrected chi connectivity index (χ1v) is 22.2. The van der Waals surface area contributed by atoms with Gasteiger partial charge in [-0.15, -0.1) is 0 Å². The first kappa shape index (κ1) is 48.6. The molecule has 1 aliphatic heterocycles. The Morgan fingerprint density at radius 1 is 0.571 bits per heavy atom. The molecule has 328 valence electrons. The second kappa shape index (κ2) is 27.9. The van der Waals surface area contributed by atoms with E-state index in [9.17, 15) is 9.59 Å². The molecule has 3 rings (SSSR count). The summed E-state index contributed by atoms with van der Waals surface area (Å²) in [5.41, 5.74) is 0. The largest absolute Gasteiger partial charge is 0.444 e. The van der Waals surface area contributed by atoms with Crippen LogP contribution in [0.2, 0.25) is 0 Å². The summed E-state index contributed by atoms with van der Waals surface area (Å²) in [6, 6.07) is 0.327. The highest BCUT2D eigenvalue weighted by atomic mass is 16.6. The molecule has 0 bridgehead atoms. The van der Waals surface area contributed by atoms with Crippen molar-refractivity contribution in [2.24, 2.45) is 11.8 Å². The lowest BCUT2D eigenvalue weighted by molar-refractivity contribution is -0.0990. The van der Waals surface area contributed by atoms with Gasteiger partial charge in [0, 0.05) is 38.3 Å². The van der Waals surface area contributed by atoms with Crippen LogP contribution in [0, 0.1) is 11.8 Å². The zero-order valence-corrected chi connectivity index (χ0v) is 36.4. The van der Waals surface area contributed by atoms with Crippen molar-refractivity contribution in [1.29, 1.82) is 0 Å². The van der Waals surface area contributed by atoms with Crippen LogP contribution >= 0.6 is 0 Å². The normalized spacial score (nSPS) is 25.3. The monoisotopic (exact) mass is 800 g/mol. The topological polar surface area (TPSA) is 135 Å². The second-order valence-electron chi connectivity index (χ2n) is 17.1. The minimum Gasteiger partial charge on any atom is -0.444 e. The van der Waals surface area contributed by atoms with Gasteiger partial charge in [-0.3, -0.25) is 4.90 Å². The van der Waals surface area contributed by atoms with Crippen LogP contribution in [-0.2, 0) is 37.9 Å². The van der Waals surface area contributed by atoms with E-state index in [2.05, 4.69) is 36.3 Å². The van der Waals surface area contributed by atoms with E-state index in [-0.39, 0.29) is 67.0 Å². The Kier molecular flexibility index (Phi) is 24.2. The highest BCUT2D eigenvalue weighted by Gasteiger charge is 2.30. The summed E-state index contributed by atoms with van der Waals surface area (Å²) in [6.07, 6.45) is 11.5. The van der Waals surface area contributed by atoms with Crippen molar-refractivity contribution in [2.45, 2.75) is 187 Å². The lowest BCUT2D eigenvalue weighted by Gasteiger charge is -2.34. The number of carbonyl (C=O) groups is 2. The number of amides is 2. The Morgan fingerprint density at radius 2 is 1.00 bits per heavy atom. The number of nitrogens with one attached hydrogen (secondary N) is 2. The van der Waals surface area contributed by atoms with Crippen molar-refractivity contribution >= 4 is 12.2 Å². The van der Waals surface area contributed by atoms with E-state index in [0.29, 0.717) is 58.1 Å². The minimum atomic E-state index is -0.375. The first-order valence-electron chi connectivity index (χ1n) is 22.2. The fourth-order valence-corrected chi connectivity index (χ4v) is 7.26. The van der Waals surface area contributed by atoms with Crippen molar-refractivity contribution in [1.82, 2.24) is 15.5 Å². The molecule has 1 heterocycles. The predicted octanol–water partition coefficient (Wildman–Crippen LogP) is 7.27. The van der Waals surface area contributed by atoms with Crippen molar-refractivity contribution in [3.05, 3.63) is 0 Å². The van der Waals surface area contributed by atoms with Crippen molar-refractivity contribution in [3.63, 3.8) is 0 Å². The van der Waals surface area contributed by atoms with Gasteiger partial charge in [-0.2, -0.15) is 0 Å². The van der Waals surface area contributed by atoms with Gasteiger partial charge in [-0.05, 0) is 124 Å². The number of hydrogen-bond acceptors (Lipinski definition) is 11. The lowest BCUT2D eigenvalue weighted by atomic mass is 9.76. The van der Waals surface area contributed by atoms with Gasteiger partial charge in [0.2, 0.25) is 0 Å². The first-order chi connectivity index (χ1) is 26.9. The van der Waals surface area contributed by atoms with E-state index in [4.69, 9.17) is 37.9 Å². The molecule has 3 aliphatic rings. The molecule has 0 spiro atoms. The Balaban J connectivity index is 1.18. The van der Waals surface area contributed by atoms with Crippen LogP contribution in [0.3, 0.4) is 0 Å². The van der Waals surface area contributed by atoms with Crippen molar-refractivity contribution < 1.29 is 47.5 Å². The van der Waals surface area contributed by atoms with E-state index in [0.717, 1.165) is 90.3 Å². The average molecular weight is 800 g/mol. The molecular weight excluding hydrogens is 718 g/mol. The number of carbonyl (C=O) groups excluding carboxylic acids is 2. The molecule has 0 aromatic heterocycles. The standard InChI is InChI=1S/C43H81N3O10/c1-9-11-22-49-30-41(24-46-20-21-46)56-43(48)45-40-18-14-38(15-19-40)23-37-12-16-39(17-13-37)44-42(47)55-36(8)29-54-35(7)28-53-34(6)27-52-33(5)26-51-32(4)25-50-31(3)10-2/h31-41H,9-30H2,1-8H3,(H,44,47)(H,45,48). The summed E-state index contributed by atoms with van der Waals surface area (Å²) < 4.78 is 46.5. The summed E-state index contributed by atoms with van der Waals surface area (Å²) in [5, 5.41) is 6.22. The summed E-state index contributed by atoms with van der Waals surface area (Å²) in [5.74, 6) is 1.38. The molecule has 0 radical (unpaired) electrons.